The second kappa shape index (κ2) is 12.5. The Morgan fingerprint density at radius 3 is 2.18 bits per heavy atom. The van der Waals surface area contributed by atoms with Gasteiger partial charge in [0.05, 0.1) is 18.6 Å². The van der Waals surface area contributed by atoms with E-state index in [4.69, 9.17) is 5.73 Å². The van der Waals surface area contributed by atoms with Gasteiger partial charge in [-0.25, -0.2) is 4.79 Å². The van der Waals surface area contributed by atoms with Gasteiger partial charge in [-0.15, -0.1) is 0 Å². The Balaban J connectivity index is 1.40. The van der Waals surface area contributed by atoms with Crippen LogP contribution in [0.1, 0.15) is 97.8 Å². The van der Waals surface area contributed by atoms with Crippen LogP contribution in [0.5, 0.6) is 0 Å². The number of nitrogens with one attached hydrogen (secondary N) is 3. The summed E-state index contributed by atoms with van der Waals surface area (Å²) in [6.45, 7) is 5.83. The number of rotatable bonds is 12. The Morgan fingerprint density at radius 1 is 0.897 bits per heavy atom. The van der Waals surface area contributed by atoms with Crippen molar-refractivity contribution in [2.24, 2.45) is 40.7 Å². The van der Waals surface area contributed by atoms with Gasteiger partial charge in [-0.1, -0.05) is 52.9 Å². The number of primary amides is 1. The molecule has 6 atom stereocenters. The molecule has 3 amide bonds. The number of ketones is 3. The standard InChI is InChI=1S/C30H48N4O5/c1-30(2,3)27(34-29(31)39)25(36)19-10-13-22(21-9-5-8-18(21)15-19)24(35)16-32-23(14-17-6-4-7-17)26(37)28(38)33-20-11-12-20/h17-23,27,32H,4-16H2,1-3H3,(H,33,38)(H3,31,34,39)/t18-,19-,21-,22-,23?,27+/m0/s1. The summed E-state index contributed by atoms with van der Waals surface area (Å²) >= 11 is 0. The Kier molecular flexibility index (Phi) is 9.50. The number of fused-ring (bicyclic) bond motifs is 1. The lowest BCUT2D eigenvalue weighted by Crippen LogP contribution is -2.52. The van der Waals surface area contributed by atoms with Crippen LogP contribution in [0.2, 0.25) is 0 Å². The molecule has 0 heterocycles. The van der Waals surface area contributed by atoms with Crippen LogP contribution in [-0.2, 0) is 19.2 Å². The van der Waals surface area contributed by atoms with Crippen LogP contribution in [0.15, 0.2) is 0 Å². The van der Waals surface area contributed by atoms with Crippen molar-refractivity contribution in [2.45, 2.75) is 116 Å². The number of amides is 3. The summed E-state index contributed by atoms with van der Waals surface area (Å²) in [5.74, 6) is -0.356. The smallest absolute Gasteiger partial charge is 0.312 e. The monoisotopic (exact) mass is 544 g/mol. The molecule has 4 aliphatic rings. The van der Waals surface area contributed by atoms with Gasteiger partial charge in [0.25, 0.3) is 5.91 Å². The number of carbonyl (C=O) groups is 5. The van der Waals surface area contributed by atoms with E-state index in [2.05, 4.69) is 16.0 Å². The molecule has 5 N–H and O–H groups in total. The molecule has 0 radical (unpaired) electrons. The lowest BCUT2D eigenvalue weighted by molar-refractivity contribution is -0.139. The molecule has 4 saturated carbocycles. The fourth-order valence-electron chi connectivity index (χ4n) is 7.06. The lowest BCUT2D eigenvalue weighted by atomic mass is 9.77. The van der Waals surface area contributed by atoms with Crippen LogP contribution in [0, 0.1) is 35.0 Å². The van der Waals surface area contributed by atoms with Gasteiger partial charge >= 0.3 is 6.03 Å². The van der Waals surface area contributed by atoms with Crippen LogP contribution < -0.4 is 21.7 Å². The summed E-state index contributed by atoms with van der Waals surface area (Å²) in [5.41, 5.74) is 4.93. The molecule has 4 rings (SSSR count). The molecule has 218 valence electrons. The molecule has 0 spiro atoms. The molecule has 0 aromatic carbocycles. The summed E-state index contributed by atoms with van der Waals surface area (Å²) in [4.78, 5) is 64.4. The number of hydrogen-bond donors (Lipinski definition) is 4. The van der Waals surface area contributed by atoms with Gasteiger partial charge < -0.3 is 21.7 Å². The number of carbonyl (C=O) groups excluding carboxylic acids is 5. The van der Waals surface area contributed by atoms with Crippen molar-refractivity contribution in [1.29, 1.82) is 0 Å². The van der Waals surface area contributed by atoms with E-state index in [9.17, 15) is 24.0 Å². The lowest BCUT2D eigenvalue weighted by Gasteiger charge is -2.33. The Bertz CT molecular complexity index is 951. The summed E-state index contributed by atoms with van der Waals surface area (Å²) in [7, 11) is 0. The SMILES string of the molecule is CC(C)(C)[C@H](NC(N)=O)C(=O)[C@H]1CC[C@H](C(=O)CNC(CC2CCC2)C(=O)C(=O)NC2CC2)[C@H]2CCC[C@H]2C1. The predicted molar refractivity (Wildman–Crippen MR) is 148 cm³/mol. The highest BCUT2D eigenvalue weighted by molar-refractivity contribution is 6.38. The average Bonchev–Trinajstić information content (AvgIpc) is 3.58. The van der Waals surface area contributed by atoms with Crippen molar-refractivity contribution in [2.75, 3.05) is 6.54 Å². The van der Waals surface area contributed by atoms with E-state index in [-0.39, 0.29) is 41.9 Å². The molecule has 0 aromatic heterocycles. The van der Waals surface area contributed by atoms with Crippen LogP contribution >= 0.6 is 0 Å². The predicted octanol–water partition coefficient (Wildman–Crippen LogP) is 3.04. The fourth-order valence-corrected chi connectivity index (χ4v) is 7.06. The maximum absolute atomic E-state index is 13.6. The van der Waals surface area contributed by atoms with E-state index in [1.54, 1.807) is 0 Å². The van der Waals surface area contributed by atoms with Gasteiger partial charge in [0.2, 0.25) is 5.78 Å². The van der Waals surface area contributed by atoms with Gasteiger partial charge in [0, 0.05) is 17.9 Å². The van der Waals surface area contributed by atoms with Crippen molar-refractivity contribution in [3.05, 3.63) is 0 Å². The van der Waals surface area contributed by atoms with E-state index in [0.29, 0.717) is 31.1 Å². The quantitative estimate of drug-likeness (QED) is 0.278. The van der Waals surface area contributed by atoms with Crippen molar-refractivity contribution >= 4 is 29.3 Å². The van der Waals surface area contributed by atoms with Gasteiger partial charge in [0.15, 0.2) is 5.78 Å². The molecule has 4 fully saturated rings. The third-order valence-electron chi connectivity index (χ3n) is 9.67. The molecule has 0 aliphatic heterocycles. The van der Waals surface area contributed by atoms with Crippen LogP contribution in [0.25, 0.3) is 0 Å². The molecule has 9 nitrogen and oxygen atoms in total. The molecule has 9 heteroatoms. The zero-order valence-electron chi connectivity index (χ0n) is 23.9. The largest absolute Gasteiger partial charge is 0.352 e. The maximum atomic E-state index is 13.6. The Morgan fingerprint density at radius 2 is 1.59 bits per heavy atom. The first-order valence-electron chi connectivity index (χ1n) is 15.1. The summed E-state index contributed by atoms with van der Waals surface area (Å²) < 4.78 is 0. The molecular formula is C30H48N4O5. The van der Waals surface area contributed by atoms with Crippen molar-refractivity contribution in [1.82, 2.24) is 16.0 Å². The minimum atomic E-state index is -0.702. The second-order valence-electron chi connectivity index (χ2n) is 13.7. The summed E-state index contributed by atoms with van der Waals surface area (Å²) in [6, 6.07) is -1.89. The van der Waals surface area contributed by atoms with Gasteiger partial charge in [0.1, 0.15) is 5.78 Å². The zero-order chi connectivity index (χ0) is 28.3. The third-order valence-corrected chi connectivity index (χ3v) is 9.67. The minimum absolute atomic E-state index is 0.00556. The molecule has 0 bridgehead atoms. The maximum Gasteiger partial charge on any atom is 0.312 e. The van der Waals surface area contributed by atoms with Crippen molar-refractivity contribution in [3.8, 4) is 0 Å². The topological polar surface area (TPSA) is 147 Å². The summed E-state index contributed by atoms with van der Waals surface area (Å²) in [6.07, 6.45) is 10.7. The Labute approximate surface area is 232 Å². The van der Waals surface area contributed by atoms with E-state index in [1.165, 1.54) is 0 Å². The van der Waals surface area contributed by atoms with Gasteiger partial charge in [-0.05, 0) is 68.1 Å². The first-order chi connectivity index (χ1) is 18.4. The van der Waals surface area contributed by atoms with Crippen molar-refractivity contribution in [3.63, 3.8) is 0 Å². The normalized spacial score (nSPS) is 28.8. The first-order valence-corrected chi connectivity index (χ1v) is 15.1. The van der Waals surface area contributed by atoms with Crippen LogP contribution in [0.3, 0.4) is 0 Å². The third kappa shape index (κ3) is 7.68. The molecule has 0 aromatic rings. The first kappa shape index (κ1) is 29.7. The zero-order valence-corrected chi connectivity index (χ0v) is 23.9. The number of hydrogen-bond acceptors (Lipinski definition) is 6. The van der Waals surface area contributed by atoms with Crippen LogP contribution in [0.4, 0.5) is 4.79 Å². The Hall–Kier alpha value is -2.29. The van der Waals surface area contributed by atoms with Crippen molar-refractivity contribution < 1.29 is 24.0 Å². The fraction of sp³-hybridized carbons (Fsp3) is 0.833. The van der Waals surface area contributed by atoms with E-state index in [0.717, 1.165) is 57.8 Å². The van der Waals surface area contributed by atoms with Gasteiger partial charge in [-0.2, -0.15) is 0 Å². The average molecular weight is 545 g/mol. The molecule has 4 aliphatic carbocycles. The number of Topliss-reactive ketones (excluding diaryl/α,β-unsaturated/α-hetero) is 3. The van der Waals surface area contributed by atoms with E-state index in [1.807, 2.05) is 20.8 Å². The minimum Gasteiger partial charge on any atom is -0.352 e. The number of urea groups is 1. The molecule has 0 saturated heterocycles. The van der Waals surface area contributed by atoms with E-state index >= 15 is 0 Å². The van der Waals surface area contributed by atoms with Gasteiger partial charge in [-0.3, -0.25) is 19.2 Å². The van der Waals surface area contributed by atoms with Crippen LogP contribution in [-0.4, -0.2) is 54.0 Å². The highest BCUT2D eigenvalue weighted by Gasteiger charge is 2.45. The second-order valence-corrected chi connectivity index (χ2v) is 13.7. The molecule has 1 unspecified atom stereocenters. The molecule has 39 heavy (non-hydrogen) atoms. The summed E-state index contributed by atoms with van der Waals surface area (Å²) in [5, 5.41) is 8.67. The molecular weight excluding hydrogens is 496 g/mol. The highest BCUT2D eigenvalue weighted by Crippen LogP contribution is 2.47. The number of nitrogens with two attached hydrogens (primary N) is 1. The highest BCUT2D eigenvalue weighted by atomic mass is 16.2. The van der Waals surface area contributed by atoms with E-state index < -0.39 is 35.2 Å².